The third-order valence-corrected chi connectivity index (χ3v) is 4.32. The van der Waals surface area contributed by atoms with Crippen LogP contribution in [0.3, 0.4) is 0 Å². The first kappa shape index (κ1) is 15.5. The van der Waals surface area contributed by atoms with Crippen molar-refractivity contribution in [3.8, 4) is 11.4 Å². The molecule has 2 aromatic rings. The zero-order valence-electron chi connectivity index (χ0n) is 12.5. The lowest BCUT2D eigenvalue weighted by molar-refractivity contribution is 0.146. The van der Waals surface area contributed by atoms with Crippen LogP contribution in [0.5, 0.6) is 0 Å². The summed E-state index contributed by atoms with van der Waals surface area (Å²) in [7, 11) is 0. The van der Waals surface area contributed by atoms with Crippen molar-refractivity contribution in [1.29, 1.82) is 0 Å². The van der Waals surface area contributed by atoms with Gasteiger partial charge in [-0.3, -0.25) is 4.90 Å². The van der Waals surface area contributed by atoms with Crippen molar-refractivity contribution in [2.24, 2.45) is 11.7 Å². The molecule has 118 valence electrons. The highest BCUT2D eigenvalue weighted by Crippen LogP contribution is 2.22. The van der Waals surface area contributed by atoms with Crippen LogP contribution in [0.4, 0.5) is 0 Å². The average molecular weight is 321 g/mol. The lowest BCUT2D eigenvalue weighted by Crippen LogP contribution is -2.35. The third kappa shape index (κ3) is 3.85. The predicted molar refractivity (Wildman–Crippen MR) is 86.4 cm³/mol. The average Bonchev–Trinajstić information content (AvgIpc) is 2.96. The van der Waals surface area contributed by atoms with Gasteiger partial charge in [-0.25, -0.2) is 0 Å². The fourth-order valence-electron chi connectivity index (χ4n) is 3.02. The minimum Gasteiger partial charge on any atom is -0.338 e. The summed E-state index contributed by atoms with van der Waals surface area (Å²) >= 11 is 6.00. The first-order chi connectivity index (χ1) is 10.7. The van der Waals surface area contributed by atoms with Gasteiger partial charge in [-0.05, 0) is 50.4 Å². The van der Waals surface area contributed by atoms with E-state index in [1.807, 2.05) is 24.3 Å². The van der Waals surface area contributed by atoms with Crippen LogP contribution in [-0.4, -0.2) is 34.7 Å². The lowest BCUT2D eigenvalue weighted by Gasteiger charge is -2.31. The summed E-state index contributed by atoms with van der Waals surface area (Å²) < 4.78 is 5.39. The van der Waals surface area contributed by atoms with Gasteiger partial charge in [0, 0.05) is 17.1 Å². The first-order valence-electron chi connectivity index (χ1n) is 7.75. The third-order valence-electron chi connectivity index (χ3n) is 4.09. The topological polar surface area (TPSA) is 68.2 Å². The van der Waals surface area contributed by atoms with Crippen LogP contribution in [0.25, 0.3) is 11.4 Å². The molecule has 0 amide bonds. The van der Waals surface area contributed by atoms with E-state index in [-0.39, 0.29) is 0 Å². The minimum atomic E-state index is 0.591. The Hall–Kier alpha value is -1.43. The molecule has 0 radical (unpaired) electrons. The highest BCUT2D eigenvalue weighted by molar-refractivity contribution is 6.30. The van der Waals surface area contributed by atoms with Crippen LogP contribution < -0.4 is 5.73 Å². The Morgan fingerprint density at radius 3 is 3.14 bits per heavy atom. The molecular formula is C16H21ClN4O. The molecule has 1 fully saturated rings. The largest absolute Gasteiger partial charge is 0.338 e. The molecule has 1 aliphatic heterocycles. The van der Waals surface area contributed by atoms with Gasteiger partial charge in [0.25, 0.3) is 0 Å². The maximum atomic E-state index is 6.00. The minimum absolute atomic E-state index is 0.591. The highest BCUT2D eigenvalue weighted by Gasteiger charge is 2.21. The molecule has 0 saturated carbocycles. The number of nitrogens with zero attached hydrogens (tertiary/aromatic N) is 3. The molecule has 0 bridgehead atoms. The number of halogens is 1. The fourth-order valence-corrected chi connectivity index (χ4v) is 3.21. The van der Waals surface area contributed by atoms with E-state index in [0.29, 0.717) is 29.2 Å². The Balaban J connectivity index is 1.64. The number of piperidine rings is 1. The van der Waals surface area contributed by atoms with Crippen molar-refractivity contribution in [2.45, 2.75) is 25.8 Å². The fraction of sp³-hybridized carbons (Fsp3) is 0.500. The molecule has 1 saturated heterocycles. The van der Waals surface area contributed by atoms with Gasteiger partial charge in [-0.1, -0.05) is 28.9 Å². The summed E-state index contributed by atoms with van der Waals surface area (Å²) in [5.74, 6) is 1.94. The second-order valence-corrected chi connectivity index (χ2v) is 6.28. The zero-order valence-corrected chi connectivity index (χ0v) is 13.3. The normalized spacial score (nSPS) is 19.5. The Morgan fingerprint density at radius 2 is 2.32 bits per heavy atom. The molecule has 22 heavy (non-hydrogen) atoms. The second-order valence-electron chi connectivity index (χ2n) is 5.84. The number of nitrogens with two attached hydrogens (primary N) is 1. The highest BCUT2D eigenvalue weighted by atomic mass is 35.5. The van der Waals surface area contributed by atoms with E-state index in [2.05, 4.69) is 15.0 Å². The molecule has 2 N–H and O–H groups in total. The van der Waals surface area contributed by atoms with Crippen molar-refractivity contribution in [1.82, 2.24) is 15.0 Å². The number of likely N-dealkylation sites (tertiary alicyclic amines) is 1. The van der Waals surface area contributed by atoms with Gasteiger partial charge in [-0.2, -0.15) is 4.98 Å². The summed E-state index contributed by atoms with van der Waals surface area (Å²) in [6.45, 7) is 3.61. The van der Waals surface area contributed by atoms with E-state index in [1.54, 1.807) is 0 Å². The van der Waals surface area contributed by atoms with Crippen LogP contribution in [-0.2, 0) is 6.54 Å². The van der Waals surface area contributed by atoms with E-state index in [9.17, 15) is 0 Å². The van der Waals surface area contributed by atoms with Crippen LogP contribution in [0.2, 0.25) is 5.02 Å². The lowest BCUT2D eigenvalue weighted by atomic mass is 9.95. The van der Waals surface area contributed by atoms with E-state index >= 15 is 0 Å². The van der Waals surface area contributed by atoms with Gasteiger partial charge >= 0.3 is 0 Å². The number of rotatable bonds is 5. The van der Waals surface area contributed by atoms with Gasteiger partial charge < -0.3 is 10.3 Å². The smallest absolute Gasteiger partial charge is 0.241 e. The van der Waals surface area contributed by atoms with Gasteiger partial charge in [0.1, 0.15) is 0 Å². The molecule has 1 atom stereocenters. The first-order valence-corrected chi connectivity index (χ1v) is 8.13. The van der Waals surface area contributed by atoms with E-state index < -0.39 is 0 Å². The van der Waals surface area contributed by atoms with E-state index in [0.717, 1.165) is 31.6 Å². The quantitative estimate of drug-likeness (QED) is 0.917. The van der Waals surface area contributed by atoms with Gasteiger partial charge in [0.2, 0.25) is 11.7 Å². The summed E-state index contributed by atoms with van der Waals surface area (Å²) in [6.07, 6.45) is 3.57. The predicted octanol–water partition coefficient (Wildman–Crippen LogP) is 2.95. The Labute approximate surface area is 135 Å². The molecule has 1 aromatic carbocycles. The Bertz CT molecular complexity index is 614. The van der Waals surface area contributed by atoms with Crippen molar-refractivity contribution in [3.63, 3.8) is 0 Å². The number of hydrogen-bond donors (Lipinski definition) is 1. The maximum absolute atomic E-state index is 6.00. The number of aromatic nitrogens is 2. The van der Waals surface area contributed by atoms with Crippen molar-refractivity contribution >= 4 is 11.6 Å². The van der Waals surface area contributed by atoms with Crippen molar-refractivity contribution in [2.75, 3.05) is 19.6 Å². The maximum Gasteiger partial charge on any atom is 0.241 e. The molecular weight excluding hydrogens is 300 g/mol. The molecule has 0 spiro atoms. The molecule has 0 aliphatic carbocycles. The monoisotopic (exact) mass is 320 g/mol. The standard InChI is InChI=1S/C16H21ClN4O/c17-14-5-1-4-13(9-14)16-19-15(22-20-16)11-21-8-2-3-12(10-21)6-7-18/h1,4-5,9,12H,2-3,6-8,10-11,18H2. The van der Waals surface area contributed by atoms with Crippen molar-refractivity contribution in [3.05, 3.63) is 35.2 Å². The van der Waals surface area contributed by atoms with Crippen LogP contribution in [0, 0.1) is 5.92 Å². The molecule has 1 aliphatic rings. The summed E-state index contributed by atoms with van der Waals surface area (Å²) in [5, 5.41) is 4.73. The van der Waals surface area contributed by atoms with Gasteiger partial charge in [0.15, 0.2) is 0 Å². The molecule has 2 heterocycles. The molecule has 3 rings (SSSR count). The summed E-state index contributed by atoms with van der Waals surface area (Å²) in [4.78, 5) is 6.86. The van der Waals surface area contributed by atoms with Crippen LogP contribution >= 0.6 is 11.6 Å². The molecule has 1 aromatic heterocycles. The second kappa shape index (κ2) is 7.22. The summed E-state index contributed by atoms with van der Waals surface area (Å²) in [6, 6.07) is 7.49. The van der Waals surface area contributed by atoms with Gasteiger partial charge in [-0.15, -0.1) is 0 Å². The Kier molecular flexibility index (Phi) is 5.08. The van der Waals surface area contributed by atoms with Crippen LogP contribution in [0.1, 0.15) is 25.2 Å². The van der Waals surface area contributed by atoms with E-state index in [1.165, 1.54) is 12.8 Å². The van der Waals surface area contributed by atoms with Crippen molar-refractivity contribution < 1.29 is 4.52 Å². The molecule has 5 nitrogen and oxygen atoms in total. The van der Waals surface area contributed by atoms with Gasteiger partial charge in [0.05, 0.1) is 6.54 Å². The number of hydrogen-bond acceptors (Lipinski definition) is 5. The number of benzene rings is 1. The SMILES string of the molecule is NCCC1CCCN(Cc2nc(-c3cccc(Cl)c3)no2)C1. The Morgan fingerprint density at radius 1 is 1.41 bits per heavy atom. The molecule has 1 unspecified atom stereocenters. The van der Waals surface area contributed by atoms with E-state index in [4.69, 9.17) is 21.9 Å². The van der Waals surface area contributed by atoms with Crippen LogP contribution in [0.15, 0.2) is 28.8 Å². The zero-order chi connectivity index (χ0) is 15.4. The molecule has 6 heteroatoms. The summed E-state index contributed by atoms with van der Waals surface area (Å²) in [5.41, 5.74) is 6.54.